The lowest BCUT2D eigenvalue weighted by molar-refractivity contribution is 0.642. The zero-order valence-corrected chi connectivity index (χ0v) is 18.1. The molecular formula is C32H26. The van der Waals surface area contributed by atoms with Gasteiger partial charge in [0.2, 0.25) is 0 Å². The smallest absolute Gasteiger partial charge is 0.00277 e. The topological polar surface area (TPSA) is 0 Å². The molecule has 2 aliphatic rings. The molecule has 2 atom stereocenters. The Labute approximate surface area is 190 Å². The molecule has 0 saturated carbocycles. The van der Waals surface area contributed by atoms with E-state index in [1.807, 2.05) is 0 Å². The summed E-state index contributed by atoms with van der Waals surface area (Å²) in [6.07, 6.45) is 11.9. The van der Waals surface area contributed by atoms with Crippen molar-refractivity contribution in [2.24, 2.45) is 0 Å². The maximum atomic E-state index is 2.41. The van der Waals surface area contributed by atoms with E-state index in [0.29, 0.717) is 11.8 Å². The van der Waals surface area contributed by atoms with Crippen LogP contribution in [0.25, 0.3) is 34.4 Å². The van der Waals surface area contributed by atoms with Crippen LogP contribution in [0.15, 0.2) is 109 Å². The van der Waals surface area contributed by atoms with Crippen LogP contribution in [-0.4, -0.2) is 0 Å². The number of hydrogen-bond donors (Lipinski definition) is 0. The predicted molar refractivity (Wildman–Crippen MR) is 137 cm³/mol. The van der Waals surface area contributed by atoms with Gasteiger partial charge >= 0.3 is 0 Å². The van der Waals surface area contributed by atoms with Crippen molar-refractivity contribution in [3.05, 3.63) is 131 Å². The van der Waals surface area contributed by atoms with Gasteiger partial charge in [-0.25, -0.2) is 0 Å². The van der Waals surface area contributed by atoms with E-state index in [1.54, 1.807) is 0 Å². The van der Waals surface area contributed by atoms with Gasteiger partial charge < -0.3 is 0 Å². The molecule has 0 N–H and O–H groups in total. The van der Waals surface area contributed by atoms with E-state index in [1.165, 1.54) is 57.3 Å². The fourth-order valence-corrected chi connectivity index (χ4v) is 5.42. The van der Waals surface area contributed by atoms with Crippen molar-refractivity contribution in [3.8, 4) is 22.3 Å². The van der Waals surface area contributed by atoms with E-state index in [9.17, 15) is 0 Å². The molecule has 2 unspecified atom stereocenters. The van der Waals surface area contributed by atoms with Gasteiger partial charge in [0.05, 0.1) is 0 Å². The first-order valence-electron chi connectivity index (χ1n) is 11.6. The van der Waals surface area contributed by atoms with E-state index in [-0.39, 0.29) is 0 Å². The van der Waals surface area contributed by atoms with E-state index < -0.39 is 0 Å². The minimum atomic E-state index is 0.503. The summed E-state index contributed by atoms with van der Waals surface area (Å²) < 4.78 is 0. The molecule has 0 radical (unpaired) electrons. The minimum absolute atomic E-state index is 0.503. The highest BCUT2D eigenvalue weighted by Gasteiger charge is 2.24. The van der Waals surface area contributed by atoms with Gasteiger partial charge in [-0.15, -0.1) is 0 Å². The molecule has 0 aliphatic heterocycles. The molecular weight excluding hydrogens is 384 g/mol. The van der Waals surface area contributed by atoms with Crippen molar-refractivity contribution in [1.29, 1.82) is 0 Å². The third-order valence-corrected chi connectivity index (χ3v) is 7.03. The van der Waals surface area contributed by atoms with Gasteiger partial charge in [0.1, 0.15) is 0 Å². The van der Waals surface area contributed by atoms with Crippen molar-refractivity contribution in [2.45, 2.75) is 24.7 Å². The largest absolute Gasteiger partial charge is 0.0764 e. The molecule has 2 aliphatic carbocycles. The summed E-state index contributed by atoms with van der Waals surface area (Å²) in [6, 6.07) is 35.1. The summed E-state index contributed by atoms with van der Waals surface area (Å²) >= 11 is 0. The van der Waals surface area contributed by atoms with Crippen molar-refractivity contribution >= 4 is 12.2 Å². The summed E-state index contributed by atoms with van der Waals surface area (Å²) in [5.41, 5.74) is 11.1. The monoisotopic (exact) mass is 410 g/mol. The lowest BCUT2D eigenvalue weighted by atomic mass is 9.87. The lowest BCUT2D eigenvalue weighted by Gasteiger charge is -2.17. The first kappa shape index (κ1) is 19.1. The van der Waals surface area contributed by atoms with Crippen LogP contribution < -0.4 is 0 Å². The summed E-state index contributed by atoms with van der Waals surface area (Å²) in [5.74, 6) is 1.01. The summed E-state index contributed by atoms with van der Waals surface area (Å²) in [4.78, 5) is 0. The second kappa shape index (κ2) is 8.13. The maximum absolute atomic E-state index is 2.41. The Hall–Kier alpha value is -3.64. The predicted octanol–water partition coefficient (Wildman–Crippen LogP) is 8.72. The van der Waals surface area contributed by atoms with Crippen LogP contribution in [0, 0.1) is 0 Å². The third-order valence-electron chi connectivity index (χ3n) is 7.03. The summed E-state index contributed by atoms with van der Waals surface area (Å²) in [6.45, 7) is 0. The Morgan fingerprint density at radius 2 is 0.875 bits per heavy atom. The van der Waals surface area contributed by atoms with Crippen molar-refractivity contribution in [2.75, 3.05) is 0 Å². The SMILES string of the molecule is C1=CC(CCC2C=Cc3c(-c4ccccc4)cccc32)c2cccc(-c3ccccc3)c21. The van der Waals surface area contributed by atoms with Gasteiger partial charge in [0.15, 0.2) is 0 Å². The molecule has 0 spiro atoms. The van der Waals surface area contributed by atoms with Crippen molar-refractivity contribution in [3.63, 3.8) is 0 Å². The fourth-order valence-electron chi connectivity index (χ4n) is 5.42. The highest BCUT2D eigenvalue weighted by atomic mass is 14.3. The van der Waals surface area contributed by atoms with E-state index in [4.69, 9.17) is 0 Å². The van der Waals surface area contributed by atoms with Crippen LogP contribution in [0.2, 0.25) is 0 Å². The van der Waals surface area contributed by atoms with Crippen LogP contribution in [0.1, 0.15) is 46.9 Å². The molecule has 4 aromatic carbocycles. The Kier molecular flexibility index (Phi) is 4.85. The lowest BCUT2D eigenvalue weighted by Crippen LogP contribution is -2.00. The number of allylic oxidation sites excluding steroid dienone is 2. The molecule has 0 bridgehead atoms. The van der Waals surface area contributed by atoms with Crippen molar-refractivity contribution < 1.29 is 0 Å². The minimum Gasteiger partial charge on any atom is -0.0764 e. The maximum Gasteiger partial charge on any atom is 0.00277 e. The molecule has 0 heterocycles. The molecule has 4 aromatic rings. The fraction of sp³-hybridized carbons (Fsp3) is 0.125. The Morgan fingerprint density at radius 1 is 0.438 bits per heavy atom. The van der Waals surface area contributed by atoms with Crippen LogP contribution in [0.4, 0.5) is 0 Å². The standard InChI is InChI=1S/C32H26/c1-3-9-23(10-4-1)27-13-7-15-29-25(19-21-31(27)29)17-18-26-20-22-32-28(14-8-16-30(26)32)24-11-5-2-6-12-24/h1-16,19-22,25-26H,17-18H2. The van der Waals surface area contributed by atoms with Crippen LogP contribution in [0.5, 0.6) is 0 Å². The summed E-state index contributed by atoms with van der Waals surface area (Å²) in [7, 11) is 0. The quantitative estimate of drug-likeness (QED) is 0.308. The highest BCUT2D eigenvalue weighted by molar-refractivity contribution is 5.81. The second-order valence-corrected chi connectivity index (χ2v) is 8.86. The number of hydrogen-bond acceptors (Lipinski definition) is 0. The molecule has 0 nitrogen and oxygen atoms in total. The molecule has 0 fully saturated rings. The van der Waals surface area contributed by atoms with Crippen molar-refractivity contribution in [1.82, 2.24) is 0 Å². The zero-order valence-electron chi connectivity index (χ0n) is 18.1. The molecule has 6 rings (SSSR count). The van der Waals surface area contributed by atoms with Gasteiger partial charge in [-0.2, -0.15) is 0 Å². The summed E-state index contributed by atoms with van der Waals surface area (Å²) in [5, 5.41) is 0. The molecule has 0 saturated heterocycles. The molecule has 32 heavy (non-hydrogen) atoms. The number of rotatable bonds is 5. The van der Waals surface area contributed by atoms with Crippen LogP contribution in [0.3, 0.4) is 0 Å². The Bertz CT molecular complexity index is 1200. The Balaban J connectivity index is 1.23. The van der Waals surface area contributed by atoms with Gasteiger partial charge in [-0.3, -0.25) is 0 Å². The van der Waals surface area contributed by atoms with Gasteiger partial charge in [-0.1, -0.05) is 121 Å². The molecule has 154 valence electrons. The van der Waals surface area contributed by atoms with Gasteiger partial charge in [-0.05, 0) is 57.3 Å². The average molecular weight is 411 g/mol. The Morgan fingerprint density at radius 3 is 1.31 bits per heavy atom. The molecule has 0 aromatic heterocycles. The van der Waals surface area contributed by atoms with Crippen LogP contribution >= 0.6 is 0 Å². The number of benzene rings is 4. The second-order valence-electron chi connectivity index (χ2n) is 8.86. The normalized spacial score (nSPS) is 18.0. The first-order valence-corrected chi connectivity index (χ1v) is 11.6. The highest BCUT2D eigenvalue weighted by Crippen LogP contribution is 2.43. The van der Waals surface area contributed by atoms with E-state index in [2.05, 4.69) is 121 Å². The van der Waals surface area contributed by atoms with Gasteiger partial charge in [0.25, 0.3) is 0 Å². The van der Waals surface area contributed by atoms with E-state index >= 15 is 0 Å². The van der Waals surface area contributed by atoms with E-state index in [0.717, 1.165) is 0 Å². The number of fused-ring (bicyclic) bond motifs is 2. The van der Waals surface area contributed by atoms with Gasteiger partial charge in [0, 0.05) is 11.8 Å². The third kappa shape index (κ3) is 3.33. The van der Waals surface area contributed by atoms with Crippen LogP contribution in [-0.2, 0) is 0 Å². The molecule has 0 amide bonds. The zero-order chi connectivity index (χ0) is 21.3. The molecule has 0 heteroatoms. The first-order chi connectivity index (χ1) is 15.9. The average Bonchev–Trinajstić information content (AvgIpc) is 3.47.